The van der Waals surface area contributed by atoms with E-state index in [-0.39, 0.29) is 41.8 Å². The van der Waals surface area contributed by atoms with Crippen molar-refractivity contribution >= 4 is 19.2 Å². The van der Waals surface area contributed by atoms with Crippen molar-refractivity contribution in [3.05, 3.63) is 106 Å². The summed E-state index contributed by atoms with van der Waals surface area (Å²) < 4.78 is 16.1. The molecule has 0 bridgehead atoms. The predicted molar refractivity (Wildman–Crippen MR) is 171 cm³/mol. The topological polar surface area (TPSA) is 127 Å². The van der Waals surface area contributed by atoms with Gasteiger partial charge in [0.1, 0.15) is 11.9 Å². The maximum Gasteiger partial charge on any atom is 0.279 e. The minimum Gasteiger partial charge on any atom is -0.490 e. The van der Waals surface area contributed by atoms with E-state index in [0.29, 0.717) is 35.5 Å². The van der Waals surface area contributed by atoms with Crippen molar-refractivity contribution in [2.24, 2.45) is 5.92 Å². The zero-order chi connectivity index (χ0) is 31.0. The highest BCUT2D eigenvalue weighted by atomic mass is 28.4. The molecule has 0 fully saturated rings. The first-order valence-electron chi connectivity index (χ1n) is 15.0. The average Bonchev–Trinajstić information content (AvgIpc) is 3.62. The van der Waals surface area contributed by atoms with Crippen molar-refractivity contribution in [1.82, 2.24) is 24.8 Å². The molecule has 0 aliphatic carbocycles. The van der Waals surface area contributed by atoms with E-state index in [1.54, 1.807) is 16.5 Å². The Balaban J connectivity index is 1.25. The molecule has 230 valence electrons. The second-order valence-electron chi connectivity index (χ2n) is 12.2. The van der Waals surface area contributed by atoms with E-state index >= 15 is 0 Å². The van der Waals surface area contributed by atoms with Crippen LogP contribution >= 0.6 is 0 Å². The number of H-pyrrole nitrogens is 1. The molecule has 6 rings (SSSR count). The Morgan fingerprint density at radius 1 is 1.09 bits per heavy atom. The summed E-state index contributed by atoms with van der Waals surface area (Å²) in [5.41, 5.74) is 3.78. The quantitative estimate of drug-likeness (QED) is 0.194. The number of aromatic nitrogens is 5. The fourth-order valence-electron chi connectivity index (χ4n) is 6.57. The lowest BCUT2D eigenvalue weighted by Gasteiger charge is -2.43. The minimum atomic E-state index is -2.73. The molecule has 2 unspecified atom stereocenters. The van der Waals surface area contributed by atoms with Crippen molar-refractivity contribution in [3.8, 4) is 11.4 Å². The average molecular weight is 614 g/mol. The van der Waals surface area contributed by atoms with Gasteiger partial charge in [-0.3, -0.25) is 14.6 Å². The van der Waals surface area contributed by atoms with Crippen LogP contribution in [0, 0.1) is 5.92 Å². The first-order valence-corrected chi connectivity index (χ1v) is 18.0. The first kappa shape index (κ1) is 30.0. The van der Waals surface area contributed by atoms with Gasteiger partial charge < -0.3 is 19.4 Å². The van der Waals surface area contributed by atoms with Gasteiger partial charge in [-0.25, -0.2) is 4.68 Å². The third kappa shape index (κ3) is 5.63. The standard InChI is InChI=1S/C33H39N5O5Si/c1-21-31(42-2)25-18-23(38-33(40)24-12-8-9-13-27(24)35-38)14-15-29(25)43-32(21)30(44(3,4)41)16-17-37-19-28(34-36-37)26(20-39)22-10-6-5-7-11-22/h5-15,18-19,21,26,30-32,35,39,41H,16-17,20H2,1-4H3/t21-,26?,30?,31-,32-/m0/s1. The molecule has 44 heavy (non-hydrogen) atoms. The third-order valence-electron chi connectivity index (χ3n) is 8.93. The van der Waals surface area contributed by atoms with E-state index in [1.165, 1.54) is 0 Å². The fraction of sp³-hybridized carbons (Fsp3) is 0.364. The lowest BCUT2D eigenvalue weighted by molar-refractivity contribution is -0.0247. The van der Waals surface area contributed by atoms with Gasteiger partial charge in [-0.15, -0.1) is 5.10 Å². The van der Waals surface area contributed by atoms with Crippen molar-refractivity contribution in [2.45, 2.75) is 56.7 Å². The summed E-state index contributed by atoms with van der Waals surface area (Å²) >= 11 is 0. The Morgan fingerprint density at radius 3 is 2.55 bits per heavy atom. The number of ether oxygens (including phenoxy) is 2. The number of aromatic amines is 1. The van der Waals surface area contributed by atoms with E-state index in [9.17, 15) is 14.7 Å². The van der Waals surface area contributed by atoms with Crippen LogP contribution in [-0.2, 0) is 11.3 Å². The number of aliphatic hydroxyl groups excluding tert-OH is 1. The molecule has 0 saturated carbocycles. The smallest absolute Gasteiger partial charge is 0.279 e. The summed E-state index contributed by atoms with van der Waals surface area (Å²) in [5, 5.41) is 22.6. The van der Waals surface area contributed by atoms with E-state index in [1.807, 2.05) is 92.1 Å². The van der Waals surface area contributed by atoms with Gasteiger partial charge in [0, 0.05) is 36.9 Å². The number of rotatable bonds is 10. The molecule has 1 aliphatic heterocycles. The summed E-state index contributed by atoms with van der Waals surface area (Å²) in [6.07, 6.45) is 1.93. The van der Waals surface area contributed by atoms with Gasteiger partial charge in [0.25, 0.3) is 5.56 Å². The van der Waals surface area contributed by atoms with Crippen molar-refractivity contribution in [1.29, 1.82) is 0 Å². The SMILES string of the molecule is CO[C@@H]1c2cc(-n3[nH]c4ccccc4c3=O)ccc2O[C@H](C(CCn2cc(C(CO)c3ccccc3)nn2)[Si](C)(C)O)[C@H]1C. The molecule has 10 nitrogen and oxygen atoms in total. The van der Waals surface area contributed by atoms with Crippen molar-refractivity contribution < 1.29 is 19.4 Å². The number of nitrogens with one attached hydrogen (secondary N) is 1. The van der Waals surface area contributed by atoms with Crippen molar-refractivity contribution in [2.75, 3.05) is 13.7 Å². The lowest BCUT2D eigenvalue weighted by atomic mass is 9.86. The van der Waals surface area contributed by atoms with Gasteiger partial charge >= 0.3 is 0 Å². The minimum absolute atomic E-state index is 0.0657. The molecule has 3 N–H and O–H groups in total. The van der Waals surface area contributed by atoms with Crippen LogP contribution < -0.4 is 10.3 Å². The van der Waals surface area contributed by atoms with Crippen LogP contribution in [0.1, 0.15) is 42.2 Å². The molecule has 0 amide bonds. The Hall–Kier alpha value is -4.03. The van der Waals surface area contributed by atoms with Gasteiger partial charge in [-0.2, -0.15) is 0 Å². The molecular formula is C33H39N5O5Si. The Morgan fingerprint density at radius 2 is 1.84 bits per heavy atom. The summed E-state index contributed by atoms with van der Waals surface area (Å²) in [7, 11) is -1.04. The number of para-hydroxylation sites is 1. The molecule has 0 saturated heterocycles. The summed E-state index contributed by atoms with van der Waals surface area (Å²) in [6.45, 7) is 6.46. The summed E-state index contributed by atoms with van der Waals surface area (Å²) in [6, 6.07) is 22.9. The molecule has 1 aliphatic rings. The molecule has 5 atom stereocenters. The molecule has 0 radical (unpaired) electrons. The number of methoxy groups -OCH3 is 1. The first-order chi connectivity index (χ1) is 21.2. The normalized spacial score (nSPS) is 19.8. The highest BCUT2D eigenvalue weighted by molar-refractivity contribution is 6.71. The van der Waals surface area contributed by atoms with Crippen LogP contribution in [-0.4, -0.2) is 62.8 Å². The number of nitrogens with zero attached hydrogens (tertiary/aromatic N) is 4. The van der Waals surface area contributed by atoms with Crippen LogP contribution in [0.25, 0.3) is 16.6 Å². The highest BCUT2D eigenvalue weighted by Crippen LogP contribution is 2.47. The van der Waals surface area contributed by atoms with E-state index in [2.05, 4.69) is 22.3 Å². The van der Waals surface area contributed by atoms with Gasteiger partial charge in [-0.1, -0.05) is 54.6 Å². The van der Waals surface area contributed by atoms with Crippen LogP contribution in [0.15, 0.2) is 83.8 Å². The molecular weight excluding hydrogens is 574 g/mol. The van der Waals surface area contributed by atoms with Crippen LogP contribution in [0.5, 0.6) is 5.75 Å². The van der Waals surface area contributed by atoms with Gasteiger partial charge in [-0.05, 0) is 55.4 Å². The highest BCUT2D eigenvalue weighted by Gasteiger charge is 2.46. The number of hydrogen-bond acceptors (Lipinski definition) is 7. The summed E-state index contributed by atoms with van der Waals surface area (Å²) in [5.74, 6) is 0.359. The van der Waals surface area contributed by atoms with Crippen LogP contribution in [0.2, 0.25) is 18.6 Å². The molecule has 3 heterocycles. The van der Waals surface area contributed by atoms with Gasteiger partial charge in [0.2, 0.25) is 0 Å². The number of hydrogen-bond donors (Lipinski definition) is 3. The zero-order valence-electron chi connectivity index (χ0n) is 25.4. The number of fused-ring (bicyclic) bond motifs is 2. The molecule has 5 aromatic rings. The largest absolute Gasteiger partial charge is 0.490 e. The van der Waals surface area contributed by atoms with E-state index in [0.717, 1.165) is 16.6 Å². The van der Waals surface area contributed by atoms with Crippen molar-refractivity contribution in [3.63, 3.8) is 0 Å². The predicted octanol–water partition coefficient (Wildman–Crippen LogP) is 4.78. The second-order valence-corrected chi connectivity index (χ2v) is 16.3. The molecule has 0 spiro atoms. The van der Waals surface area contributed by atoms with Crippen LogP contribution in [0.3, 0.4) is 0 Å². The zero-order valence-corrected chi connectivity index (χ0v) is 26.4. The van der Waals surface area contributed by atoms with Gasteiger partial charge in [0.05, 0.1) is 40.9 Å². The van der Waals surface area contributed by atoms with Crippen LogP contribution in [0.4, 0.5) is 0 Å². The van der Waals surface area contributed by atoms with E-state index in [4.69, 9.17) is 9.47 Å². The Bertz CT molecular complexity index is 1790. The molecule has 3 aromatic carbocycles. The Kier molecular flexibility index (Phi) is 8.29. The number of benzene rings is 3. The summed E-state index contributed by atoms with van der Waals surface area (Å²) in [4.78, 5) is 24.6. The fourth-order valence-corrected chi connectivity index (χ4v) is 8.58. The maximum atomic E-state index is 13.1. The number of aliphatic hydroxyl groups is 1. The third-order valence-corrected chi connectivity index (χ3v) is 11.4. The maximum absolute atomic E-state index is 13.1. The molecule has 11 heteroatoms. The van der Waals surface area contributed by atoms with E-state index < -0.39 is 8.32 Å². The Labute approximate surface area is 257 Å². The second kappa shape index (κ2) is 12.2. The number of aryl methyl sites for hydroxylation is 1. The van der Waals surface area contributed by atoms with Gasteiger partial charge in [0.15, 0.2) is 8.32 Å². The monoisotopic (exact) mass is 613 g/mol. The molecule has 2 aromatic heterocycles. The lowest BCUT2D eigenvalue weighted by Crippen LogP contribution is -2.48.